The van der Waals surface area contributed by atoms with E-state index in [0.29, 0.717) is 10.1 Å². The highest BCUT2D eigenvalue weighted by Crippen LogP contribution is 2.25. The van der Waals surface area contributed by atoms with Crippen LogP contribution in [-0.4, -0.2) is 17.0 Å². The molecule has 0 radical (unpaired) electrons. The van der Waals surface area contributed by atoms with Gasteiger partial charge in [-0.1, -0.05) is 42.5 Å². The molecule has 0 atom stereocenters. The normalized spacial score (nSPS) is 17.0. The minimum Gasteiger partial charge on any atom is -0.305 e. The molecule has 4 nitrogen and oxygen atoms in total. The molecule has 2 rings (SSSR count). The van der Waals surface area contributed by atoms with E-state index in [1.807, 2.05) is 36.4 Å². The Hall–Kier alpha value is -2.14. The number of nitrogens with zero attached hydrogens (tertiary/aromatic N) is 1. The summed E-state index contributed by atoms with van der Waals surface area (Å²) in [5.74, 6) is -0.563. The number of benzene rings is 1. The number of allylic oxidation sites excluding steroid dienone is 2. The molecule has 0 unspecified atom stereocenters. The van der Waals surface area contributed by atoms with E-state index >= 15 is 0 Å². The van der Waals surface area contributed by atoms with E-state index in [1.165, 1.54) is 6.92 Å². The molecule has 1 heterocycles. The molecule has 1 N–H and O–H groups in total. The first-order chi connectivity index (χ1) is 9.15. The van der Waals surface area contributed by atoms with Crippen molar-refractivity contribution in [2.45, 2.75) is 6.92 Å². The van der Waals surface area contributed by atoms with Crippen molar-refractivity contribution in [2.75, 3.05) is 0 Å². The Morgan fingerprint density at radius 2 is 2.05 bits per heavy atom. The number of amides is 2. The Bertz CT molecular complexity index is 589. The standard InChI is InChI=1S/C14H12N2O2S/c1-10(17)15-14-16-13(18)12(19-14)9-5-8-11-6-3-2-4-7-11/h2-9H,1H3,(H,15,16,17,18). The van der Waals surface area contributed by atoms with Gasteiger partial charge in [-0.25, -0.2) is 0 Å². The minimum absolute atomic E-state index is 0.236. The summed E-state index contributed by atoms with van der Waals surface area (Å²) in [6, 6.07) is 9.77. The van der Waals surface area contributed by atoms with E-state index in [1.54, 1.807) is 12.2 Å². The number of carbonyl (C=O) groups is 2. The number of carbonyl (C=O) groups excluding carboxylic acids is 2. The van der Waals surface area contributed by atoms with Gasteiger partial charge in [-0.3, -0.25) is 9.59 Å². The van der Waals surface area contributed by atoms with Gasteiger partial charge in [0.15, 0.2) is 5.17 Å². The third-order valence-electron chi connectivity index (χ3n) is 2.24. The lowest BCUT2D eigenvalue weighted by Gasteiger charge is -1.96. The van der Waals surface area contributed by atoms with Crippen LogP contribution in [0.4, 0.5) is 0 Å². The summed E-state index contributed by atoms with van der Waals surface area (Å²) in [6.45, 7) is 1.38. The number of rotatable bonds is 2. The van der Waals surface area contributed by atoms with Gasteiger partial charge >= 0.3 is 0 Å². The largest absolute Gasteiger partial charge is 0.305 e. The average molecular weight is 272 g/mol. The molecule has 0 bridgehead atoms. The van der Waals surface area contributed by atoms with Crippen molar-refractivity contribution < 1.29 is 9.59 Å². The van der Waals surface area contributed by atoms with Gasteiger partial charge in [0.1, 0.15) is 0 Å². The van der Waals surface area contributed by atoms with Crippen LogP contribution in [0, 0.1) is 0 Å². The van der Waals surface area contributed by atoms with Crippen molar-refractivity contribution in [3.8, 4) is 0 Å². The topological polar surface area (TPSA) is 58.5 Å². The lowest BCUT2D eigenvalue weighted by atomic mass is 10.2. The van der Waals surface area contributed by atoms with E-state index in [-0.39, 0.29) is 11.8 Å². The summed E-state index contributed by atoms with van der Waals surface area (Å²) in [4.78, 5) is 26.6. The molecule has 0 saturated carbocycles. The van der Waals surface area contributed by atoms with Crippen LogP contribution in [0.2, 0.25) is 0 Å². The molecule has 0 fully saturated rings. The molecule has 1 aliphatic heterocycles. The molecule has 5 heteroatoms. The lowest BCUT2D eigenvalue weighted by molar-refractivity contribution is -0.117. The zero-order valence-corrected chi connectivity index (χ0v) is 11.1. The maximum atomic E-state index is 11.5. The molecule has 0 aliphatic carbocycles. The maximum absolute atomic E-state index is 11.5. The van der Waals surface area contributed by atoms with Gasteiger partial charge in [-0.2, -0.15) is 4.99 Å². The first kappa shape index (κ1) is 13.3. The van der Waals surface area contributed by atoms with E-state index < -0.39 is 0 Å². The Morgan fingerprint density at radius 1 is 1.32 bits per heavy atom. The van der Waals surface area contributed by atoms with Crippen LogP contribution in [0.5, 0.6) is 0 Å². The van der Waals surface area contributed by atoms with Crippen LogP contribution < -0.4 is 5.32 Å². The Balaban J connectivity index is 2.01. The van der Waals surface area contributed by atoms with Crippen molar-refractivity contribution in [2.24, 2.45) is 4.99 Å². The number of hydrogen-bond donors (Lipinski definition) is 1. The van der Waals surface area contributed by atoms with E-state index in [9.17, 15) is 9.59 Å². The smallest absolute Gasteiger partial charge is 0.286 e. The van der Waals surface area contributed by atoms with Crippen LogP contribution in [0.1, 0.15) is 12.5 Å². The van der Waals surface area contributed by atoms with Crippen molar-refractivity contribution in [1.29, 1.82) is 0 Å². The second kappa shape index (κ2) is 6.15. The second-order valence-electron chi connectivity index (χ2n) is 3.81. The molecule has 19 heavy (non-hydrogen) atoms. The molecular weight excluding hydrogens is 260 g/mol. The number of nitrogens with one attached hydrogen (secondary N) is 1. The molecule has 96 valence electrons. The van der Waals surface area contributed by atoms with E-state index in [4.69, 9.17) is 0 Å². The first-order valence-electron chi connectivity index (χ1n) is 5.67. The first-order valence-corrected chi connectivity index (χ1v) is 6.48. The molecule has 0 spiro atoms. The maximum Gasteiger partial charge on any atom is 0.286 e. The summed E-state index contributed by atoms with van der Waals surface area (Å²) in [7, 11) is 0. The van der Waals surface area contributed by atoms with Gasteiger partial charge in [0, 0.05) is 6.92 Å². The van der Waals surface area contributed by atoms with Gasteiger partial charge < -0.3 is 5.32 Å². The number of thioether (sulfide) groups is 1. The second-order valence-corrected chi connectivity index (χ2v) is 4.84. The fraction of sp³-hybridized carbons (Fsp3) is 0.0714. The van der Waals surface area contributed by atoms with Gasteiger partial charge in [0.25, 0.3) is 5.91 Å². The molecule has 2 amide bonds. The van der Waals surface area contributed by atoms with Crippen molar-refractivity contribution in [1.82, 2.24) is 5.32 Å². The number of hydrogen-bond acceptors (Lipinski definition) is 3. The highest BCUT2D eigenvalue weighted by Gasteiger charge is 2.21. The zero-order valence-electron chi connectivity index (χ0n) is 10.3. The monoisotopic (exact) mass is 272 g/mol. The lowest BCUT2D eigenvalue weighted by Crippen LogP contribution is -2.23. The molecular formula is C14H12N2O2S. The summed E-state index contributed by atoms with van der Waals surface area (Å²) >= 11 is 1.16. The van der Waals surface area contributed by atoms with Crippen LogP contribution in [0.25, 0.3) is 6.08 Å². The van der Waals surface area contributed by atoms with Gasteiger partial charge in [0.2, 0.25) is 5.91 Å². The summed E-state index contributed by atoms with van der Waals surface area (Å²) in [5, 5.41) is 2.83. The average Bonchev–Trinajstić information content (AvgIpc) is 2.70. The van der Waals surface area contributed by atoms with Crippen LogP contribution >= 0.6 is 11.8 Å². The minimum atomic E-state index is -0.327. The van der Waals surface area contributed by atoms with Gasteiger partial charge in [-0.05, 0) is 23.4 Å². The third-order valence-corrected chi connectivity index (χ3v) is 3.16. The predicted molar refractivity (Wildman–Crippen MR) is 77.4 cm³/mol. The predicted octanol–water partition coefficient (Wildman–Crippen LogP) is 2.35. The number of amidine groups is 1. The van der Waals surface area contributed by atoms with Gasteiger partial charge in [-0.15, -0.1) is 0 Å². The highest BCUT2D eigenvalue weighted by molar-refractivity contribution is 8.18. The zero-order chi connectivity index (χ0) is 13.7. The summed E-state index contributed by atoms with van der Waals surface area (Å²) in [6.07, 6.45) is 5.39. The van der Waals surface area contributed by atoms with E-state index in [2.05, 4.69) is 10.3 Å². The highest BCUT2D eigenvalue weighted by atomic mass is 32.2. The Kier molecular flexibility index (Phi) is 4.30. The van der Waals surface area contributed by atoms with Crippen molar-refractivity contribution in [3.63, 3.8) is 0 Å². The summed E-state index contributed by atoms with van der Waals surface area (Å²) in [5.41, 5.74) is 1.05. The van der Waals surface area contributed by atoms with Crippen LogP contribution in [0.15, 0.2) is 52.4 Å². The van der Waals surface area contributed by atoms with E-state index in [0.717, 1.165) is 17.3 Å². The summed E-state index contributed by atoms with van der Waals surface area (Å²) < 4.78 is 0. The van der Waals surface area contributed by atoms with Crippen molar-refractivity contribution in [3.05, 3.63) is 53.0 Å². The number of aliphatic imine (C=N–C) groups is 1. The Labute approximate surface area is 115 Å². The van der Waals surface area contributed by atoms with Crippen LogP contribution in [0.3, 0.4) is 0 Å². The molecule has 1 aromatic carbocycles. The van der Waals surface area contributed by atoms with Crippen molar-refractivity contribution >= 4 is 34.8 Å². The Morgan fingerprint density at radius 3 is 2.74 bits per heavy atom. The quantitative estimate of drug-likeness (QED) is 0.841. The van der Waals surface area contributed by atoms with Gasteiger partial charge in [0.05, 0.1) is 4.91 Å². The van der Waals surface area contributed by atoms with Crippen LogP contribution in [-0.2, 0) is 9.59 Å². The fourth-order valence-corrected chi connectivity index (χ4v) is 2.25. The molecule has 0 aromatic heterocycles. The SMILES string of the molecule is CC(=O)NC1=NC(=O)C(=CC=Cc2ccccc2)S1. The fourth-order valence-electron chi connectivity index (χ4n) is 1.44. The third kappa shape index (κ3) is 3.93. The molecule has 0 saturated heterocycles. The molecule has 1 aliphatic rings. The molecule has 1 aromatic rings.